The van der Waals surface area contributed by atoms with Gasteiger partial charge in [-0.2, -0.15) is 0 Å². The Morgan fingerprint density at radius 1 is 1.38 bits per heavy atom. The molecule has 0 unspecified atom stereocenters. The first-order chi connectivity index (χ1) is 7.59. The molecular weight excluding hydrogens is 226 g/mol. The first kappa shape index (κ1) is 10.9. The standard InChI is InChI=1S/C12H10ClNO2/c1-7-2-4-8-9(11(15)12(13)16)6-14-10(8)5-3-7/h3-6,14H,2H2,1H3. The first-order valence-electron chi connectivity index (χ1n) is 4.89. The van der Waals surface area contributed by atoms with E-state index in [1.165, 1.54) is 11.8 Å². The van der Waals surface area contributed by atoms with Crippen LogP contribution in [0, 0.1) is 0 Å². The van der Waals surface area contributed by atoms with Crippen molar-refractivity contribution >= 4 is 34.8 Å². The second-order valence-corrected chi connectivity index (χ2v) is 4.06. The van der Waals surface area contributed by atoms with E-state index in [9.17, 15) is 9.59 Å². The molecule has 0 spiro atoms. The summed E-state index contributed by atoms with van der Waals surface area (Å²) in [6.07, 6.45) is 8.08. The van der Waals surface area contributed by atoms with E-state index in [2.05, 4.69) is 4.98 Å². The molecule has 82 valence electrons. The molecule has 1 aromatic heterocycles. The van der Waals surface area contributed by atoms with E-state index in [0.29, 0.717) is 5.56 Å². The van der Waals surface area contributed by atoms with E-state index in [-0.39, 0.29) is 0 Å². The van der Waals surface area contributed by atoms with Gasteiger partial charge in [0.1, 0.15) is 0 Å². The summed E-state index contributed by atoms with van der Waals surface area (Å²) in [5.41, 5.74) is 1.54. The molecule has 16 heavy (non-hydrogen) atoms. The lowest BCUT2D eigenvalue weighted by atomic mass is 10.1. The highest BCUT2D eigenvalue weighted by molar-refractivity contribution is 6.83. The lowest BCUT2D eigenvalue weighted by Crippen LogP contribution is -2.27. The highest BCUT2D eigenvalue weighted by Crippen LogP contribution is 2.03. The van der Waals surface area contributed by atoms with E-state index in [1.54, 1.807) is 0 Å². The van der Waals surface area contributed by atoms with Gasteiger partial charge in [-0.15, -0.1) is 0 Å². The Morgan fingerprint density at radius 3 is 2.81 bits per heavy atom. The molecule has 1 heterocycles. The van der Waals surface area contributed by atoms with E-state index < -0.39 is 11.0 Å². The highest BCUT2D eigenvalue weighted by Gasteiger charge is 2.16. The van der Waals surface area contributed by atoms with Crippen LogP contribution < -0.4 is 10.6 Å². The predicted octanol–water partition coefficient (Wildman–Crippen LogP) is 0.874. The van der Waals surface area contributed by atoms with Crippen molar-refractivity contribution in [3.63, 3.8) is 0 Å². The van der Waals surface area contributed by atoms with Crippen molar-refractivity contribution in [2.45, 2.75) is 13.3 Å². The lowest BCUT2D eigenvalue weighted by molar-refractivity contribution is -0.108. The first-order valence-corrected chi connectivity index (χ1v) is 5.26. The van der Waals surface area contributed by atoms with Crippen LogP contribution in [-0.4, -0.2) is 16.0 Å². The van der Waals surface area contributed by atoms with Crippen molar-refractivity contribution in [3.8, 4) is 0 Å². The fourth-order valence-electron chi connectivity index (χ4n) is 1.66. The van der Waals surface area contributed by atoms with Crippen LogP contribution in [0.5, 0.6) is 0 Å². The Labute approximate surface area is 97.1 Å². The zero-order chi connectivity index (χ0) is 11.7. The number of fused-ring (bicyclic) bond motifs is 1. The Bertz CT molecular complexity index is 607. The van der Waals surface area contributed by atoms with Gasteiger partial charge in [0.25, 0.3) is 5.24 Å². The van der Waals surface area contributed by atoms with Crippen molar-refractivity contribution < 1.29 is 9.59 Å². The van der Waals surface area contributed by atoms with Crippen molar-refractivity contribution in [1.29, 1.82) is 0 Å². The topological polar surface area (TPSA) is 49.9 Å². The van der Waals surface area contributed by atoms with Crippen LogP contribution in [-0.2, 0) is 4.79 Å². The number of nitrogens with one attached hydrogen (secondary N) is 1. The largest absolute Gasteiger partial charge is 0.360 e. The van der Waals surface area contributed by atoms with Crippen LogP contribution in [0.4, 0.5) is 0 Å². The van der Waals surface area contributed by atoms with Gasteiger partial charge < -0.3 is 4.98 Å². The van der Waals surface area contributed by atoms with Crippen molar-refractivity contribution in [2.75, 3.05) is 0 Å². The zero-order valence-electron chi connectivity index (χ0n) is 8.71. The zero-order valence-corrected chi connectivity index (χ0v) is 9.47. The molecule has 0 aliphatic heterocycles. The summed E-state index contributed by atoms with van der Waals surface area (Å²) in [5.74, 6) is -0.664. The number of Topliss-reactive ketones (excluding diaryl/α,β-unsaturated/α-hetero) is 1. The molecule has 2 rings (SSSR count). The molecule has 1 N–H and O–H groups in total. The fourth-order valence-corrected chi connectivity index (χ4v) is 1.76. The number of H-pyrrole nitrogens is 1. The Kier molecular flexibility index (Phi) is 2.79. The third kappa shape index (κ3) is 1.86. The number of aromatic amines is 1. The summed E-state index contributed by atoms with van der Waals surface area (Å²) < 4.78 is 0. The maximum Gasteiger partial charge on any atom is 0.293 e. The molecule has 0 radical (unpaired) electrons. The maximum absolute atomic E-state index is 11.5. The summed E-state index contributed by atoms with van der Waals surface area (Å²) in [6, 6.07) is 0. The number of rotatable bonds is 2. The fraction of sp³-hybridized carbons (Fsp3) is 0.167. The molecule has 0 fully saturated rings. The van der Waals surface area contributed by atoms with Gasteiger partial charge >= 0.3 is 0 Å². The highest BCUT2D eigenvalue weighted by atomic mass is 35.5. The molecule has 0 saturated heterocycles. The molecule has 1 aromatic rings. The average molecular weight is 236 g/mol. The summed E-state index contributed by atoms with van der Waals surface area (Å²) in [7, 11) is 0. The SMILES string of the molecule is CC1=CC=c2[nH]cc(C(=O)C(=O)Cl)c2=CC1. The number of carbonyl (C=O) groups is 2. The minimum atomic E-state index is -0.955. The molecule has 1 aliphatic rings. The normalized spacial score (nSPS) is 14.0. The number of aromatic nitrogens is 1. The number of allylic oxidation sites excluding steroid dienone is 2. The summed E-state index contributed by atoms with van der Waals surface area (Å²) in [5, 5.41) is 0.634. The lowest BCUT2D eigenvalue weighted by Gasteiger charge is -1.91. The van der Waals surface area contributed by atoms with Crippen LogP contribution >= 0.6 is 11.6 Å². The molecule has 0 amide bonds. The Hall–Kier alpha value is -1.61. The Morgan fingerprint density at radius 2 is 2.12 bits per heavy atom. The molecule has 1 aliphatic carbocycles. The van der Waals surface area contributed by atoms with Crippen molar-refractivity contribution in [2.24, 2.45) is 0 Å². The molecule has 0 bridgehead atoms. The van der Waals surface area contributed by atoms with Crippen molar-refractivity contribution in [1.82, 2.24) is 4.98 Å². The summed E-state index contributed by atoms with van der Waals surface area (Å²) in [4.78, 5) is 25.3. The second-order valence-electron chi connectivity index (χ2n) is 3.72. The number of carbonyl (C=O) groups excluding carboxylic acids is 2. The maximum atomic E-state index is 11.5. The van der Waals surface area contributed by atoms with Crippen molar-refractivity contribution in [3.05, 3.63) is 34.0 Å². The van der Waals surface area contributed by atoms with Gasteiger partial charge in [-0.3, -0.25) is 9.59 Å². The van der Waals surface area contributed by atoms with E-state index in [1.807, 2.05) is 25.2 Å². The molecule has 4 heteroatoms. The van der Waals surface area contributed by atoms with E-state index in [0.717, 1.165) is 17.0 Å². The van der Waals surface area contributed by atoms with Crippen LogP contribution in [0.1, 0.15) is 23.7 Å². The molecule has 3 nitrogen and oxygen atoms in total. The van der Waals surface area contributed by atoms with Gasteiger partial charge in [0, 0.05) is 16.8 Å². The molecule has 0 aromatic carbocycles. The van der Waals surface area contributed by atoms with Gasteiger partial charge in [-0.1, -0.05) is 17.7 Å². The molecular formula is C12H10ClNO2. The Balaban J connectivity index is 2.62. The van der Waals surface area contributed by atoms with Gasteiger partial charge in [-0.05, 0) is 31.0 Å². The van der Waals surface area contributed by atoms with Gasteiger partial charge in [0.15, 0.2) is 0 Å². The van der Waals surface area contributed by atoms with Gasteiger partial charge in [0.05, 0.1) is 5.56 Å². The third-order valence-electron chi connectivity index (χ3n) is 2.54. The smallest absolute Gasteiger partial charge is 0.293 e. The number of ketones is 1. The van der Waals surface area contributed by atoms with Gasteiger partial charge in [0.2, 0.25) is 5.78 Å². The summed E-state index contributed by atoms with van der Waals surface area (Å²) >= 11 is 5.19. The summed E-state index contributed by atoms with van der Waals surface area (Å²) in [6.45, 7) is 2.01. The third-order valence-corrected chi connectivity index (χ3v) is 2.71. The average Bonchev–Trinajstić information content (AvgIpc) is 2.56. The van der Waals surface area contributed by atoms with Gasteiger partial charge in [-0.25, -0.2) is 0 Å². The van der Waals surface area contributed by atoms with Crippen LogP contribution in [0.3, 0.4) is 0 Å². The monoisotopic (exact) mass is 235 g/mol. The van der Waals surface area contributed by atoms with E-state index >= 15 is 0 Å². The number of halogens is 1. The second kappa shape index (κ2) is 4.10. The van der Waals surface area contributed by atoms with Crippen LogP contribution in [0.2, 0.25) is 0 Å². The minimum Gasteiger partial charge on any atom is -0.360 e. The van der Waals surface area contributed by atoms with Crippen LogP contribution in [0.25, 0.3) is 12.2 Å². The number of hydrogen-bond donors (Lipinski definition) is 1. The number of hydrogen-bond acceptors (Lipinski definition) is 2. The molecule has 0 saturated carbocycles. The quantitative estimate of drug-likeness (QED) is 0.470. The van der Waals surface area contributed by atoms with Crippen LogP contribution in [0.15, 0.2) is 17.8 Å². The predicted molar refractivity (Wildman–Crippen MR) is 62.5 cm³/mol. The van der Waals surface area contributed by atoms with E-state index in [4.69, 9.17) is 11.6 Å². The molecule has 0 atom stereocenters. The minimum absolute atomic E-state index is 0.342.